The molecule has 4 N–H and O–H groups in total. The van der Waals surface area contributed by atoms with Crippen LogP contribution >= 0.6 is 0 Å². The van der Waals surface area contributed by atoms with E-state index in [2.05, 4.69) is 10.1 Å². The van der Waals surface area contributed by atoms with Gasteiger partial charge >= 0.3 is 24.1 Å². The van der Waals surface area contributed by atoms with E-state index in [1.54, 1.807) is 34.6 Å². The molecule has 0 bridgehead atoms. The summed E-state index contributed by atoms with van der Waals surface area (Å²) < 4.78 is 9.85. The highest BCUT2D eigenvalue weighted by molar-refractivity contribution is 6.02. The third-order valence-electron chi connectivity index (χ3n) is 4.08. The number of anilines is 1. The largest absolute Gasteiger partial charge is 0.480 e. The van der Waals surface area contributed by atoms with Crippen molar-refractivity contribution in [2.24, 2.45) is 11.7 Å². The van der Waals surface area contributed by atoms with Crippen LogP contribution in [0.25, 0.3) is 0 Å². The van der Waals surface area contributed by atoms with Gasteiger partial charge in [-0.25, -0.2) is 19.3 Å². The third-order valence-corrected chi connectivity index (χ3v) is 4.08. The number of hydrogen-bond acceptors (Lipinski definition) is 7. The average molecular weight is 437 g/mol. The van der Waals surface area contributed by atoms with Gasteiger partial charge in [-0.2, -0.15) is 0 Å². The molecule has 0 fully saturated rings. The normalized spacial score (nSPS) is 13.2. The van der Waals surface area contributed by atoms with E-state index < -0.39 is 41.7 Å². The molecule has 0 aliphatic carbocycles. The number of hydrogen-bond donors (Lipinski definition) is 3. The predicted octanol–water partition coefficient (Wildman–Crippen LogP) is 3.13. The van der Waals surface area contributed by atoms with E-state index in [1.165, 1.54) is 31.4 Å². The first-order valence-electron chi connectivity index (χ1n) is 9.76. The number of carbonyl (C=O) groups is 4. The number of ether oxygens (including phenoxy) is 2. The quantitative estimate of drug-likeness (QED) is 0.551. The monoisotopic (exact) mass is 437 g/mol. The molecule has 10 heteroatoms. The first-order valence-corrected chi connectivity index (χ1v) is 9.76. The van der Waals surface area contributed by atoms with Crippen LogP contribution in [-0.2, 0) is 19.1 Å². The zero-order valence-electron chi connectivity index (χ0n) is 18.7. The highest BCUT2D eigenvalue weighted by Crippen LogP contribution is 2.20. The summed E-state index contributed by atoms with van der Waals surface area (Å²) in [5, 5.41) is 12.1. The molecule has 172 valence electrons. The zero-order chi connectivity index (χ0) is 23.9. The summed E-state index contributed by atoms with van der Waals surface area (Å²) in [5.74, 6) is -2.04. The van der Waals surface area contributed by atoms with Crippen LogP contribution in [0.5, 0.6) is 0 Å². The van der Waals surface area contributed by atoms with E-state index in [0.717, 1.165) is 0 Å². The summed E-state index contributed by atoms with van der Waals surface area (Å²) in [5.41, 5.74) is 5.57. The molecule has 1 aromatic rings. The Labute approximate surface area is 181 Å². The molecular weight excluding hydrogens is 406 g/mol. The van der Waals surface area contributed by atoms with Crippen molar-refractivity contribution in [2.75, 3.05) is 12.4 Å². The number of carboxylic acid groups (broad SMARTS) is 1. The topological polar surface area (TPSA) is 148 Å². The van der Waals surface area contributed by atoms with Crippen LogP contribution in [0.15, 0.2) is 24.3 Å². The van der Waals surface area contributed by atoms with Crippen molar-refractivity contribution in [3.63, 3.8) is 0 Å². The van der Waals surface area contributed by atoms with E-state index in [-0.39, 0.29) is 18.0 Å². The summed E-state index contributed by atoms with van der Waals surface area (Å²) in [6, 6.07) is 2.61. The second-order valence-electron chi connectivity index (χ2n) is 8.39. The molecule has 3 amide bonds. The van der Waals surface area contributed by atoms with E-state index >= 15 is 0 Å². The van der Waals surface area contributed by atoms with Gasteiger partial charge in [0.15, 0.2) is 0 Å². The molecule has 0 saturated heterocycles. The van der Waals surface area contributed by atoms with Gasteiger partial charge in [-0.15, -0.1) is 0 Å². The molecule has 0 heterocycles. The number of methoxy groups -OCH3 is 1. The van der Waals surface area contributed by atoms with Gasteiger partial charge in [-0.1, -0.05) is 26.0 Å². The number of rotatable bonds is 7. The van der Waals surface area contributed by atoms with Crippen molar-refractivity contribution in [3.05, 3.63) is 29.8 Å². The van der Waals surface area contributed by atoms with Gasteiger partial charge in [-0.3, -0.25) is 4.79 Å². The lowest BCUT2D eigenvalue weighted by Gasteiger charge is -2.30. The minimum Gasteiger partial charge on any atom is -0.480 e. The van der Waals surface area contributed by atoms with Crippen LogP contribution in [-0.4, -0.2) is 52.8 Å². The fourth-order valence-corrected chi connectivity index (χ4v) is 2.65. The van der Waals surface area contributed by atoms with Gasteiger partial charge in [0.1, 0.15) is 17.7 Å². The third kappa shape index (κ3) is 7.89. The van der Waals surface area contributed by atoms with E-state index in [0.29, 0.717) is 10.5 Å². The molecule has 1 aromatic carbocycles. The van der Waals surface area contributed by atoms with Crippen molar-refractivity contribution in [1.82, 2.24) is 4.90 Å². The van der Waals surface area contributed by atoms with Gasteiger partial charge < -0.3 is 25.6 Å². The average Bonchev–Trinajstić information content (AvgIpc) is 2.65. The second kappa shape index (κ2) is 10.8. The lowest BCUT2D eigenvalue weighted by atomic mass is 10.0. The number of nitrogens with one attached hydrogen (secondary N) is 1. The minimum atomic E-state index is -1.41. The number of esters is 1. The molecule has 2 atom stereocenters. The predicted molar refractivity (Wildman–Crippen MR) is 113 cm³/mol. The summed E-state index contributed by atoms with van der Waals surface area (Å²) in [4.78, 5) is 49.5. The molecule has 10 nitrogen and oxygen atoms in total. The fraction of sp³-hybridized carbons (Fsp3) is 0.524. The van der Waals surface area contributed by atoms with E-state index in [9.17, 15) is 24.3 Å². The summed E-state index contributed by atoms with van der Waals surface area (Å²) in [7, 11) is 1.22. The molecular formula is C21H31N3O7. The van der Waals surface area contributed by atoms with E-state index in [1.807, 2.05) is 0 Å². The summed E-state index contributed by atoms with van der Waals surface area (Å²) >= 11 is 0. The Morgan fingerprint density at radius 1 is 1.13 bits per heavy atom. The van der Waals surface area contributed by atoms with Gasteiger partial charge in [0.25, 0.3) is 0 Å². The van der Waals surface area contributed by atoms with Gasteiger partial charge in [0, 0.05) is 5.69 Å². The molecule has 31 heavy (non-hydrogen) atoms. The first kappa shape index (κ1) is 25.9. The van der Waals surface area contributed by atoms with Crippen LogP contribution in [0.1, 0.15) is 52.6 Å². The standard InChI is InChI=1S/C21H31N3O7/c1-12(2)11-15(17(25)26)24(20(29)31-21(3,4)5)19(28)23-14-9-7-13(8-10-14)16(22)18(27)30-6/h7-10,12,15-16H,11,22H2,1-6H3,(H,23,28)(H,25,26)/t15-,16?/m0/s1. The van der Waals surface area contributed by atoms with Crippen molar-refractivity contribution in [2.45, 2.75) is 58.7 Å². The van der Waals surface area contributed by atoms with Crippen molar-refractivity contribution in [3.8, 4) is 0 Å². The molecule has 1 rings (SSSR count). The number of nitrogens with zero attached hydrogens (tertiary/aromatic N) is 1. The van der Waals surface area contributed by atoms with Crippen molar-refractivity contribution in [1.29, 1.82) is 0 Å². The Balaban J connectivity index is 3.15. The Bertz CT molecular complexity index is 800. The Kier molecular flexibility index (Phi) is 8.99. The molecule has 0 radical (unpaired) electrons. The van der Waals surface area contributed by atoms with Crippen LogP contribution in [0, 0.1) is 5.92 Å². The summed E-state index contributed by atoms with van der Waals surface area (Å²) in [6.07, 6.45) is -1.02. The molecule has 0 saturated carbocycles. The minimum absolute atomic E-state index is 0.0505. The van der Waals surface area contributed by atoms with Crippen molar-refractivity contribution < 1.29 is 33.8 Å². The molecule has 0 spiro atoms. The van der Waals surface area contributed by atoms with Crippen molar-refractivity contribution >= 4 is 29.8 Å². The Morgan fingerprint density at radius 2 is 1.68 bits per heavy atom. The van der Waals surface area contributed by atoms with Gasteiger partial charge in [0.2, 0.25) is 0 Å². The highest BCUT2D eigenvalue weighted by Gasteiger charge is 2.38. The second-order valence-corrected chi connectivity index (χ2v) is 8.39. The number of urea groups is 1. The van der Waals surface area contributed by atoms with Crippen LogP contribution in [0.4, 0.5) is 15.3 Å². The van der Waals surface area contributed by atoms with Crippen LogP contribution < -0.4 is 11.1 Å². The SMILES string of the molecule is COC(=O)C(N)c1ccc(NC(=O)N(C(=O)OC(C)(C)C)[C@@H](CC(C)C)C(=O)O)cc1. The fourth-order valence-electron chi connectivity index (χ4n) is 2.65. The number of aliphatic carboxylic acids is 1. The number of carbonyl (C=O) groups excluding carboxylic acids is 3. The van der Waals surface area contributed by atoms with Gasteiger partial charge in [-0.05, 0) is 50.8 Å². The zero-order valence-corrected chi connectivity index (χ0v) is 18.7. The maximum atomic E-state index is 12.9. The Hall–Kier alpha value is -3.14. The number of carboxylic acids is 1. The number of amides is 3. The first-order chi connectivity index (χ1) is 14.3. The number of benzene rings is 1. The van der Waals surface area contributed by atoms with Crippen LogP contribution in [0.2, 0.25) is 0 Å². The Morgan fingerprint density at radius 3 is 2.10 bits per heavy atom. The highest BCUT2D eigenvalue weighted by atomic mass is 16.6. The molecule has 1 unspecified atom stereocenters. The van der Waals surface area contributed by atoms with Crippen LogP contribution in [0.3, 0.4) is 0 Å². The lowest BCUT2D eigenvalue weighted by Crippen LogP contribution is -2.52. The number of nitrogens with two attached hydrogens (primary N) is 1. The maximum absolute atomic E-state index is 12.9. The molecule has 0 aliphatic rings. The smallest absolute Gasteiger partial charge is 0.419 e. The number of imide groups is 1. The summed E-state index contributed by atoms with van der Waals surface area (Å²) in [6.45, 7) is 8.40. The van der Waals surface area contributed by atoms with Gasteiger partial charge in [0.05, 0.1) is 7.11 Å². The molecule has 0 aliphatic heterocycles. The molecule has 0 aromatic heterocycles. The van der Waals surface area contributed by atoms with E-state index in [4.69, 9.17) is 10.5 Å². The maximum Gasteiger partial charge on any atom is 0.419 e. The lowest BCUT2D eigenvalue weighted by molar-refractivity contribution is -0.143.